The first kappa shape index (κ1) is 19.4. The third-order valence-corrected chi connectivity index (χ3v) is 8.44. The summed E-state index contributed by atoms with van der Waals surface area (Å²) in [5.74, 6) is 4.79. The summed E-state index contributed by atoms with van der Waals surface area (Å²) in [4.78, 5) is 26.7. The highest BCUT2D eigenvalue weighted by Gasteiger charge is 2.67. The number of fused-ring (bicyclic) bond motifs is 13. The van der Waals surface area contributed by atoms with Crippen LogP contribution in [-0.4, -0.2) is 38.3 Å². The molecule has 3 aromatic carbocycles. The number of ether oxygens (including phenoxy) is 1. The molecule has 3 atom stereocenters. The lowest BCUT2D eigenvalue weighted by atomic mass is 9.85. The summed E-state index contributed by atoms with van der Waals surface area (Å²) in [5.41, 5.74) is 3.55. The van der Waals surface area contributed by atoms with E-state index in [1.54, 1.807) is 6.92 Å². The number of nitrogens with two attached hydrogens (primary N) is 1. The van der Waals surface area contributed by atoms with E-state index in [-0.39, 0.29) is 12.5 Å². The Hall–Kier alpha value is -3.92. The van der Waals surface area contributed by atoms with E-state index in [0.29, 0.717) is 12.1 Å². The van der Waals surface area contributed by atoms with Crippen LogP contribution >= 0.6 is 0 Å². The molecule has 174 valence electrons. The summed E-state index contributed by atoms with van der Waals surface area (Å²) in [6, 6.07) is 14.9. The Morgan fingerprint density at radius 2 is 1.80 bits per heavy atom. The molecule has 3 unspecified atom stereocenters. The molecule has 1 fully saturated rings. The van der Waals surface area contributed by atoms with Crippen molar-refractivity contribution in [1.82, 2.24) is 19.9 Å². The van der Waals surface area contributed by atoms with Gasteiger partial charge in [0.15, 0.2) is 5.72 Å². The Kier molecular flexibility index (Phi) is 3.23. The zero-order valence-corrected chi connectivity index (χ0v) is 18.8. The molecule has 0 spiro atoms. The van der Waals surface area contributed by atoms with Crippen molar-refractivity contribution in [2.75, 3.05) is 6.61 Å². The number of carbonyl (C=O) groups is 2. The van der Waals surface area contributed by atoms with Crippen molar-refractivity contribution in [1.29, 1.82) is 0 Å². The van der Waals surface area contributed by atoms with Crippen LogP contribution in [-0.2, 0) is 21.8 Å². The number of hydrogen-bond donors (Lipinski definition) is 4. The largest absolute Gasteiger partial charge is 0.374 e. The summed E-state index contributed by atoms with van der Waals surface area (Å²) in [7, 11) is 0. The number of aromatic nitrogens is 2. The maximum atomic E-state index is 13.4. The molecule has 2 bridgehead atoms. The molecule has 35 heavy (non-hydrogen) atoms. The number of hydrogen-bond acceptors (Lipinski definition) is 5. The van der Waals surface area contributed by atoms with Crippen molar-refractivity contribution in [3.8, 4) is 0 Å². The van der Waals surface area contributed by atoms with Gasteiger partial charge >= 0.3 is 0 Å². The summed E-state index contributed by atoms with van der Waals surface area (Å²) in [5, 5.41) is 18.9. The zero-order chi connectivity index (χ0) is 23.9. The van der Waals surface area contributed by atoms with E-state index >= 15 is 0 Å². The van der Waals surface area contributed by atoms with Crippen molar-refractivity contribution in [2.24, 2.45) is 5.84 Å². The van der Waals surface area contributed by atoms with Gasteiger partial charge in [-0.15, -0.1) is 0 Å². The molecule has 3 aliphatic rings. The molecule has 5 heterocycles. The standard InChI is InChI=1S/C26H21N5O4/c1-25-26(34,24(33)29-27)17(11-35-25)30-15-8-4-2-6-12(15)19-20-14(10-28-23(20)32)18-13-7-3-5-9-16(13)31(25)22(18)21(19)30/h2-9,17,34H,10-11,27H2,1H3,(H,28,32)(H,29,33). The molecule has 9 nitrogen and oxygen atoms in total. The van der Waals surface area contributed by atoms with E-state index in [0.717, 1.165) is 49.2 Å². The highest BCUT2D eigenvalue weighted by molar-refractivity contribution is 6.31. The third kappa shape index (κ3) is 1.82. The van der Waals surface area contributed by atoms with Crippen molar-refractivity contribution in [3.05, 3.63) is 59.7 Å². The normalized spacial score (nSPS) is 26.7. The summed E-state index contributed by atoms with van der Waals surface area (Å²) in [6.07, 6.45) is 0. The first-order chi connectivity index (χ1) is 16.9. The number of nitrogens with zero attached hydrogens (tertiary/aromatic N) is 2. The number of carbonyl (C=O) groups excluding carboxylic acids is 2. The van der Waals surface area contributed by atoms with Crippen LogP contribution in [0.1, 0.15) is 28.9 Å². The van der Waals surface area contributed by atoms with Crippen molar-refractivity contribution < 1.29 is 19.4 Å². The Morgan fingerprint density at radius 1 is 1.11 bits per heavy atom. The van der Waals surface area contributed by atoms with Crippen LogP contribution < -0.4 is 16.6 Å². The number of aliphatic hydroxyl groups is 1. The van der Waals surface area contributed by atoms with Gasteiger partial charge in [0.25, 0.3) is 11.8 Å². The van der Waals surface area contributed by atoms with Gasteiger partial charge in [0.1, 0.15) is 6.04 Å². The predicted molar refractivity (Wildman–Crippen MR) is 130 cm³/mol. The van der Waals surface area contributed by atoms with E-state index in [4.69, 9.17) is 10.6 Å². The van der Waals surface area contributed by atoms with E-state index < -0.39 is 23.3 Å². The van der Waals surface area contributed by atoms with Gasteiger partial charge in [-0.2, -0.15) is 0 Å². The first-order valence-electron chi connectivity index (χ1n) is 11.6. The Balaban J connectivity index is 1.77. The summed E-state index contributed by atoms with van der Waals surface area (Å²) >= 11 is 0. The van der Waals surface area contributed by atoms with Gasteiger partial charge < -0.3 is 24.3 Å². The maximum absolute atomic E-state index is 13.4. The van der Waals surface area contributed by atoms with Crippen LogP contribution in [0.3, 0.4) is 0 Å². The lowest BCUT2D eigenvalue weighted by Crippen LogP contribution is -2.63. The highest BCUT2D eigenvalue weighted by atomic mass is 16.5. The Labute approximate surface area is 198 Å². The Bertz CT molecular complexity index is 1830. The third-order valence-electron chi connectivity index (χ3n) is 8.44. The van der Waals surface area contributed by atoms with Gasteiger partial charge in [0, 0.05) is 33.6 Å². The zero-order valence-electron chi connectivity index (χ0n) is 18.8. The number of rotatable bonds is 1. The molecule has 0 saturated carbocycles. The van der Waals surface area contributed by atoms with Crippen molar-refractivity contribution >= 4 is 55.4 Å². The number of benzene rings is 3. The van der Waals surface area contributed by atoms with Crippen LogP contribution in [0.15, 0.2) is 48.5 Å². The van der Waals surface area contributed by atoms with Crippen LogP contribution in [0.5, 0.6) is 0 Å². The van der Waals surface area contributed by atoms with Crippen molar-refractivity contribution in [3.63, 3.8) is 0 Å². The number of nitrogens with one attached hydrogen (secondary N) is 2. The number of hydrazine groups is 1. The minimum atomic E-state index is -2.03. The molecule has 2 aromatic heterocycles. The average Bonchev–Trinajstić information content (AvgIpc) is 3.57. The molecule has 3 aliphatic heterocycles. The van der Waals surface area contributed by atoms with Gasteiger partial charge in [0.05, 0.1) is 28.7 Å². The molecule has 5 aromatic rings. The second-order valence-corrected chi connectivity index (χ2v) is 9.77. The molecule has 9 heteroatoms. The number of amides is 2. The lowest BCUT2D eigenvalue weighted by molar-refractivity contribution is -0.181. The monoisotopic (exact) mass is 467 g/mol. The molecule has 0 aliphatic carbocycles. The van der Waals surface area contributed by atoms with Crippen molar-refractivity contribution in [2.45, 2.75) is 30.8 Å². The Morgan fingerprint density at radius 3 is 2.54 bits per heavy atom. The summed E-state index contributed by atoms with van der Waals surface area (Å²) < 4.78 is 10.3. The van der Waals surface area contributed by atoms with Crippen LogP contribution in [0.25, 0.3) is 43.6 Å². The van der Waals surface area contributed by atoms with E-state index in [1.807, 2.05) is 57.7 Å². The minimum Gasteiger partial charge on any atom is -0.374 e. The first-order valence-corrected chi connectivity index (χ1v) is 11.6. The topological polar surface area (TPSA) is 124 Å². The smallest absolute Gasteiger partial charge is 0.273 e. The fourth-order valence-corrected chi connectivity index (χ4v) is 7.00. The molecule has 2 amide bonds. The molecule has 0 radical (unpaired) electrons. The van der Waals surface area contributed by atoms with E-state index in [1.165, 1.54) is 0 Å². The second-order valence-electron chi connectivity index (χ2n) is 9.77. The summed E-state index contributed by atoms with van der Waals surface area (Å²) in [6.45, 7) is 2.23. The molecule has 5 N–H and O–H groups in total. The average molecular weight is 467 g/mol. The van der Waals surface area contributed by atoms with Gasteiger partial charge in [-0.05, 0) is 24.6 Å². The van der Waals surface area contributed by atoms with E-state index in [9.17, 15) is 14.7 Å². The van der Waals surface area contributed by atoms with Crippen LogP contribution in [0.4, 0.5) is 0 Å². The molecular formula is C26H21N5O4. The van der Waals surface area contributed by atoms with Gasteiger partial charge in [-0.1, -0.05) is 36.4 Å². The van der Waals surface area contributed by atoms with Gasteiger partial charge in [-0.3, -0.25) is 15.0 Å². The van der Waals surface area contributed by atoms with E-state index in [2.05, 4.69) is 10.7 Å². The minimum absolute atomic E-state index is 0.0882. The highest BCUT2D eigenvalue weighted by Crippen LogP contribution is 2.57. The van der Waals surface area contributed by atoms with Crippen LogP contribution in [0.2, 0.25) is 0 Å². The molecule has 8 rings (SSSR count). The van der Waals surface area contributed by atoms with Gasteiger partial charge in [-0.25, -0.2) is 5.84 Å². The predicted octanol–water partition coefficient (Wildman–Crippen LogP) is 2.12. The lowest BCUT2D eigenvalue weighted by Gasteiger charge is -2.39. The van der Waals surface area contributed by atoms with Crippen LogP contribution in [0, 0.1) is 0 Å². The molecule has 1 saturated heterocycles. The molecular weight excluding hydrogens is 446 g/mol. The fourth-order valence-electron chi connectivity index (χ4n) is 7.00. The maximum Gasteiger partial charge on any atom is 0.273 e. The van der Waals surface area contributed by atoms with Gasteiger partial charge in [0.2, 0.25) is 5.60 Å². The SMILES string of the molecule is CC12OCC(n3c4ccccc4c4c5c(c6c7ccccc7n1c6c43)CNC5=O)C2(O)C(=O)NN. The quantitative estimate of drug-likeness (QED) is 0.171. The second kappa shape index (κ2) is 5.83. The fraction of sp³-hybridized carbons (Fsp3) is 0.231. The number of para-hydroxylation sites is 2.